The summed E-state index contributed by atoms with van der Waals surface area (Å²) in [6, 6.07) is 9.38. The molecule has 3 radical (unpaired) electrons. The summed E-state index contributed by atoms with van der Waals surface area (Å²) in [7, 11) is 1.27. The molecule has 0 saturated carbocycles. The Bertz CT molecular complexity index is 1610. The summed E-state index contributed by atoms with van der Waals surface area (Å²) in [6.45, 7) is -0.0235. The molecule has 2 heterocycles. The summed E-state index contributed by atoms with van der Waals surface area (Å²) in [6.07, 6.45) is 1.13. The first-order chi connectivity index (χ1) is 19.9. The Morgan fingerprint density at radius 1 is 0.773 bits per heavy atom. The quantitative estimate of drug-likeness (QED) is 0.116. The molecule has 0 saturated heterocycles. The van der Waals surface area contributed by atoms with Crippen molar-refractivity contribution in [2.45, 2.75) is 25.7 Å². The second kappa shape index (κ2) is 18.6. The molecule has 0 aliphatic carbocycles. The van der Waals surface area contributed by atoms with Crippen LogP contribution < -0.4 is 18.9 Å². The summed E-state index contributed by atoms with van der Waals surface area (Å²) in [5.41, 5.74) is 2.18. The molecule has 4 rings (SSSR count). The zero-order valence-corrected chi connectivity index (χ0v) is 26.4. The van der Waals surface area contributed by atoms with Crippen LogP contribution in [0.2, 0.25) is 20.6 Å². The molecule has 0 aliphatic rings. The Kier molecular flexibility index (Phi) is 16.8. The predicted octanol–water partition coefficient (Wildman–Crippen LogP) is 5.43. The van der Waals surface area contributed by atoms with E-state index in [2.05, 4.69) is 14.7 Å². The largest absolute Gasteiger partial charge is 1.00 e. The van der Waals surface area contributed by atoms with Gasteiger partial charge in [0.05, 0.1) is 7.11 Å². The fourth-order valence-corrected chi connectivity index (χ4v) is 5.03. The molecule has 0 spiro atoms. The van der Waals surface area contributed by atoms with Gasteiger partial charge in [-0.05, 0) is 77.9 Å². The number of hydrogen-bond acceptors (Lipinski definition) is 5. The fraction of sp³-hybridized carbons (Fsp3) is 0.207. The maximum atomic E-state index is 14.0. The number of pyridine rings is 2. The number of methoxy groups -OCH3 is 1. The number of nitrogens with zero attached hydrogens (tertiary/aromatic N) is 2. The van der Waals surface area contributed by atoms with Gasteiger partial charge in [-0.2, -0.15) is 0 Å². The number of aromatic nitrogens is 2. The molecule has 44 heavy (non-hydrogen) atoms. The van der Waals surface area contributed by atoms with Crippen LogP contribution >= 0.6 is 46.4 Å². The average molecular weight is 683 g/mol. The molecule has 0 unspecified atom stereocenters. The topological polar surface area (TPSA) is 72.3 Å². The Balaban J connectivity index is 0.000000810. The van der Waals surface area contributed by atoms with Gasteiger partial charge >= 0.3 is 24.8 Å². The SMILES string of the molecule is COC(=O)CCc1c(-c2ccc(F)cc2F)cc(Cl)nc1Cl.OCCCc1c(-c2ccc(F)cc2F)cc(Cl)nc1Cl.[B].[H-].[Li+]. The van der Waals surface area contributed by atoms with E-state index in [4.69, 9.17) is 51.5 Å². The van der Waals surface area contributed by atoms with Gasteiger partial charge in [0.1, 0.15) is 43.9 Å². The number of hydrogen-bond donors (Lipinski definition) is 1. The van der Waals surface area contributed by atoms with Crippen LogP contribution in [-0.4, -0.2) is 43.2 Å². The van der Waals surface area contributed by atoms with Crippen LogP contribution in [0.5, 0.6) is 0 Å². The minimum Gasteiger partial charge on any atom is -1.00 e. The van der Waals surface area contributed by atoms with E-state index < -0.39 is 29.2 Å². The molecule has 0 amide bonds. The summed E-state index contributed by atoms with van der Waals surface area (Å²) >= 11 is 23.8. The minimum absolute atomic E-state index is 0. The molecule has 0 atom stereocenters. The molecular weight excluding hydrogens is 660 g/mol. The molecule has 4 aromatic rings. The van der Waals surface area contributed by atoms with Crippen LogP contribution in [0.25, 0.3) is 22.3 Å². The van der Waals surface area contributed by atoms with Crippen molar-refractivity contribution in [3.8, 4) is 22.3 Å². The van der Waals surface area contributed by atoms with Crippen molar-refractivity contribution < 1.29 is 52.5 Å². The van der Waals surface area contributed by atoms with E-state index in [0.29, 0.717) is 35.1 Å². The van der Waals surface area contributed by atoms with E-state index in [1.807, 2.05) is 0 Å². The first-order valence-electron chi connectivity index (χ1n) is 12.2. The number of ether oxygens (including phenoxy) is 1. The van der Waals surface area contributed by atoms with Crippen molar-refractivity contribution in [1.82, 2.24) is 9.97 Å². The number of carbonyl (C=O) groups is 1. The predicted molar refractivity (Wildman–Crippen MR) is 162 cm³/mol. The van der Waals surface area contributed by atoms with Crippen LogP contribution in [0.15, 0.2) is 48.5 Å². The normalized spacial score (nSPS) is 10.2. The van der Waals surface area contributed by atoms with Crippen molar-refractivity contribution >= 4 is 60.8 Å². The van der Waals surface area contributed by atoms with Gasteiger partial charge in [-0.15, -0.1) is 0 Å². The Morgan fingerprint density at radius 3 is 1.59 bits per heavy atom. The molecule has 0 fully saturated rings. The number of carbonyl (C=O) groups excluding carboxylic acids is 1. The average Bonchev–Trinajstić information content (AvgIpc) is 2.91. The van der Waals surface area contributed by atoms with Gasteiger partial charge in [-0.3, -0.25) is 4.79 Å². The van der Waals surface area contributed by atoms with Crippen LogP contribution in [0.4, 0.5) is 17.6 Å². The summed E-state index contributed by atoms with van der Waals surface area (Å²) in [4.78, 5) is 19.1. The van der Waals surface area contributed by atoms with Crippen LogP contribution in [-0.2, 0) is 22.4 Å². The number of rotatable bonds is 8. The first-order valence-corrected chi connectivity index (χ1v) is 13.7. The van der Waals surface area contributed by atoms with Gasteiger partial charge in [0.2, 0.25) is 0 Å². The molecule has 2 aromatic carbocycles. The van der Waals surface area contributed by atoms with Crippen LogP contribution in [0.3, 0.4) is 0 Å². The van der Waals surface area contributed by atoms with Gasteiger partial charge in [-0.25, -0.2) is 27.5 Å². The van der Waals surface area contributed by atoms with Crippen molar-refractivity contribution in [3.63, 3.8) is 0 Å². The monoisotopic (exact) mass is 681 g/mol. The molecular formula is C29H23BCl4F4LiN2O3. The van der Waals surface area contributed by atoms with Gasteiger partial charge in [0, 0.05) is 44.7 Å². The van der Waals surface area contributed by atoms with Crippen molar-refractivity contribution in [2.75, 3.05) is 13.7 Å². The van der Waals surface area contributed by atoms with Crippen LogP contribution in [0.1, 0.15) is 25.4 Å². The standard InChI is InChI=1S/C15H11Cl2F2NO2.C14H11Cl2F2NO.B.Li.H/c1-22-14(21)5-4-10-11(7-13(16)20-15(10)17)9-3-2-8(18)6-12(9)19;15-13-7-11(9-4-3-8(17)6-12(9)18)10(2-1-5-20)14(16)19-13;;;/h2-3,6-7H,4-5H2,1H3;3-4,6-7,20H,1-2,5H2;;;/q;;;+1;-1. The Hall–Kier alpha value is -2.29. The van der Waals surface area contributed by atoms with Crippen LogP contribution in [0, 0.1) is 23.3 Å². The third-order valence-corrected chi connectivity index (χ3v) is 6.93. The maximum Gasteiger partial charge on any atom is 1.00 e. The third-order valence-electron chi connectivity index (χ3n) is 5.92. The number of aliphatic hydroxyl groups is 1. The molecule has 0 bridgehead atoms. The van der Waals surface area contributed by atoms with Gasteiger partial charge in [-0.1, -0.05) is 46.4 Å². The summed E-state index contributed by atoms with van der Waals surface area (Å²) in [5, 5.41) is 9.34. The maximum absolute atomic E-state index is 14.0. The molecule has 0 aliphatic heterocycles. The smallest absolute Gasteiger partial charge is 1.00 e. The molecule has 5 nitrogen and oxygen atoms in total. The Morgan fingerprint density at radius 2 is 1.20 bits per heavy atom. The van der Waals surface area contributed by atoms with E-state index >= 15 is 0 Å². The zero-order valence-electron chi connectivity index (χ0n) is 24.4. The van der Waals surface area contributed by atoms with E-state index in [0.717, 1.165) is 24.3 Å². The summed E-state index contributed by atoms with van der Waals surface area (Å²) in [5.74, 6) is -3.24. The molecule has 15 heteroatoms. The first kappa shape index (κ1) is 39.7. The van der Waals surface area contributed by atoms with Crippen molar-refractivity contribution in [1.29, 1.82) is 0 Å². The summed E-state index contributed by atoms with van der Waals surface area (Å²) < 4.78 is 58.5. The zero-order chi connectivity index (χ0) is 31.0. The number of esters is 1. The van der Waals surface area contributed by atoms with Crippen molar-refractivity contribution in [2.24, 2.45) is 0 Å². The van der Waals surface area contributed by atoms with E-state index in [1.54, 1.807) is 0 Å². The van der Waals surface area contributed by atoms with Gasteiger partial charge in [0.15, 0.2) is 0 Å². The molecule has 1 N–H and O–H groups in total. The fourth-order valence-electron chi connectivity index (χ4n) is 3.98. The second-order valence-electron chi connectivity index (χ2n) is 8.68. The van der Waals surface area contributed by atoms with Crippen molar-refractivity contribution in [3.05, 3.63) is 104 Å². The number of benzene rings is 2. The van der Waals surface area contributed by atoms with E-state index in [-0.39, 0.29) is 79.9 Å². The molecule has 227 valence electrons. The number of halogens is 8. The Labute approximate surface area is 287 Å². The second-order valence-corrected chi connectivity index (χ2v) is 10.2. The minimum atomic E-state index is -0.752. The molecule has 2 aromatic heterocycles. The van der Waals surface area contributed by atoms with Gasteiger partial charge in [0.25, 0.3) is 0 Å². The van der Waals surface area contributed by atoms with Gasteiger partial charge < -0.3 is 11.3 Å². The number of aliphatic hydroxyl groups excluding tert-OH is 1. The third kappa shape index (κ3) is 10.7. The van der Waals surface area contributed by atoms with E-state index in [9.17, 15) is 22.4 Å². The van der Waals surface area contributed by atoms with E-state index in [1.165, 1.54) is 31.4 Å².